The molecule has 5 N–H and O–H groups in total. The zero-order valence-electron chi connectivity index (χ0n) is 16.6. The van der Waals surface area contributed by atoms with Crippen molar-refractivity contribution in [3.63, 3.8) is 0 Å². The predicted octanol–water partition coefficient (Wildman–Crippen LogP) is 1.96. The maximum Gasteiger partial charge on any atom is 0.345 e. The second-order valence-corrected chi connectivity index (χ2v) is 6.80. The molecule has 8 nitrogen and oxygen atoms in total. The Morgan fingerprint density at radius 1 is 1.20 bits per heavy atom. The SMILES string of the molecule is Cc1cc(-c2cc(-c3cccc(OCC(=O)NCCCN)c3)nc(=O)[nH]2)ccc1O. The van der Waals surface area contributed by atoms with E-state index < -0.39 is 5.69 Å². The van der Waals surface area contributed by atoms with E-state index in [2.05, 4.69) is 15.3 Å². The number of carbonyl (C=O) groups is 1. The number of benzene rings is 2. The highest BCUT2D eigenvalue weighted by molar-refractivity contribution is 5.77. The highest BCUT2D eigenvalue weighted by atomic mass is 16.5. The number of H-pyrrole nitrogens is 1. The van der Waals surface area contributed by atoms with Crippen LogP contribution in [0.25, 0.3) is 22.5 Å². The fourth-order valence-electron chi connectivity index (χ4n) is 2.86. The van der Waals surface area contributed by atoms with Crippen LogP contribution in [0.5, 0.6) is 11.5 Å². The number of phenols is 1. The highest BCUT2D eigenvalue weighted by Gasteiger charge is 2.09. The van der Waals surface area contributed by atoms with Crippen molar-refractivity contribution in [2.24, 2.45) is 5.73 Å². The number of carbonyl (C=O) groups excluding carboxylic acids is 1. The van der Waals surface area contributed by atoms with Gasteiger partial charge in [-0.15, -0.1) is 0 Å². The number of nitrogens with zero attached hydrogens (tertiary/aromatic N) is 1. The van der Waals surface area contributed by atoms with Crippen LogP contribution >= 0.6 is 0 Å². The van der Waals surface area contributed by atoms with Crippen molar-refractivity contribution < 1.29 is 14.6 Å². The third kappa shape index (κ3) is 5.45. The zero-order valence-corrected chi connectivity index (χ0v) is 16.6. The van der Waals surface area contributed by atoms with Crippen molar-refractivity contribution >= 4 is 5.91 Å². The number of hydrogen-bond donors (Lipinski definition) is 4. The Kier molecular flexibility index (Phi) is 6.82. The van der Waals surface area contributed by atoms with E-state index in [1.165, 1.54) is 0 Å². The quantitative estimate of drug-likeness (QED) is 0.422. The molecule has 8 heteroatoms. The van der Waals surface area contributed by atoms with Gasteiger partial charge in [-0.3, -0.25) is 4.79 Å². The first-order valence-electron chi connectivity index (χ1n) is 9.57. The molecule has 0 aliphatic rings. The highest BCUT2D eigenvalue weighted by Crippen LogP contribution is 2.27. The molecule has 1 aromatic heterocycles. The summed E-state index contributed by atoms with van der Waals surface area (Å²) in [5, 5.41) is 12.4. The van der Waals surface area contributed by atoms with Crippen molar-refractivity contribution in [3.8, 4) is 34.0 Å². The summed E-state index contributed by atoms with van der Waals surface area (Å²) in [6.45, 7) is 2.69. The number of aromatic nitrogens is 2. The first kappa shape index (κ1) is 21.1. The fourth-order valence-corrected chi connectivity index (χ4v) is 2.86. The average Bonchev–Trinajstić information content (AvgIpc) is 2.74. The molecule has 0 unspecified atom stereocenters. The van der Waals surface area contributed by atoms with Gasteiger partial charge in [-0.2, -0.15) is 4.98 Å². The lowest BCUT2D eigenvalue weighted by atomic mass is 10.1. The van der Waals surface area contributed by atoms with Gasteiger partial charge in [-0.05, 0) is 67.4 Å². The normalized spacial score (nSPS) is 10.6. The minimum absolute atomic E-state index is 0.116. The summed E-state index contributed by atoms with van der Waals surface area (Å²) >= 11 is 0. The monoisotopic (exact) mass is 408 g/mol. The third-order valence-corrected chi connectivity index (χ3v) is 4.46. The molecule has 0 spiro atoms. The second-order valence-electron chi connectivity index (χ2n) is 6.80. The Morgan fingerprint density at radius 3 is 2.80 bits per heavy atom. The van der Waals surface area contributed by atoms with Gasteiger partial charge in [0.2, 0.25) is 0 Å². The van der Waals surface area contributed by atoms with Gasteiger partial charge in [-0.25, -0.2) is 4.79 Å². The number of phenolic OH excluding ortho intramolecular Hbond substituents is 1. The first-order valence-corrected chi connectivity index (χ1v) is 9.57. The molecule has 1 heterocycles. The summed E-state index contributed by atoms with van der Waals surface area (Å²) in [5.41, 5.74) is 8.10. The van der Waals surface area contributed by atoms with Crippen molar-refractivity contribution in [1.29, 1.82) is 0 Å². The molecule has 0 saturated carbocycles. The molecule has 1 amide bonds. The summed E-state index contributed by atoms with van der Waals surface area (Å²) < 4.78 is 5.55. The Hall–Kier alpha value is -3.65. The molecule has 0 atom stereocenters. The van der Waals surface area contributed by atoms with Crippen molar-refractivity contribution in [1.82, 2.24) is 15.3 Å². The number of hydrogen-bond acceptors (Lipinski definition) is 6. The van der Waals surface area contributed by atoms with E-state index in [4.69, 9.17) is 10.5 Å². The molecular weight excluding hydrogens is 384 g/mol. The van der Waals surface area contributed by atoms with Crippen molar-refractivity contribution in [2.45, 2.75) is 13.3 Å². The van der Waals surface area contributed by atoms with Gasteiger partial charge < -0.3 is 25.9 Å². The van der Waals surface area contributed by atoms with Crippen LogP contribution in [0.4, 0.5) is 0 Å². The standard InChI is InChI=1S/C22H24N4O4/c1-14-10-16(6-7-20(14)27)19-12-18(25-22(29)26-19)15-4-2-5-17(11-15)30-13-21(28)24-9-3-8-23/h2,4-7,10-12,27H,3,8-9,13,23H2,1H3,(H,24,28)(H,25,26,29). The minimum Gasteiger partial charge on any atom is -0.508 e. The van der Waals surface area contributed by atoms with E-state index in [-0.39, 0.29) is 18.3 Å². The lowest BCUT2D eigenvalue weighted by Gasteiger charge is -2.09. The van der Waals surface area contributed by atoms with Crippen LogP contribution in [-0.4, -0.2) is 40.7 Å². The third-order valence-electron chi connectivity index (χ3n) is 4.46. The van der Waals surface area contributed by atoms with E-state index in [0.717, 1.165) is 5.56 Å². The van der Waals surface area contributed by atoms with E-state index in [0.29, 0.717) is 47.8 Å². The van der Waals surface area contributed by atoms with E-state index in [1.807, 2.05) is 6.07 Å². The maximum absolute atomic E-state index is 12.1. The van der Waals surface area contributed by atoms with Gasteiger partial charge in [0.25, 0.3) is 5.91 Å². The number of aryl methyl sites for hydroxylation is 1. The minimum atomic E-state index is -0.487. The van der Waals surface area contributed by atoms with Crippen LogP contribution in [0.15, 0.2) is 53.3 Å². The molecule has 0 fully saturated rings. The molecule has 2 aromatic carbocycles. The molecule has 3 rings (SSSR count). The van der Waals surface area contributed by atoms with E-state index >= 15 is 0 Å². The first-order chi connectivity index (χ1) is 14.5. The molecule has 0 bridgehead atoms. The lowest BCUT2D eigenvalue weighted by molar-refractivity contribution is -0.123. The van der Waals surface area contributed by atoms with Crippen molar-refractivity contribution in [2.75, 3.05) is 19.7 Å². The zero-order chi connectivity index (χ0) is 21.5. The Balaban J connectivity index is 1.80. The molecule has 156 valence electrons. The fraction of sp³-hybridized carbons (Fsp3) is 0.227. The van der Waals surface area contributed by atoms with Gasteiger partial charge in [0.05, 0.1) is 11.4 Å². The number of aromatic amines is 1. The predicted molar refractivity (Wildman–Crippen MR) is 114 cm³/mol. The summed E-state index contributed by atoms with van der Waals surface area (Å²) in [6.07, 6.45) is 0.707. The Morgan fingerprint density at radius 2 is 2.03 bits per heavy atom. The van der Waals surface area contributed by atoms with Crippen LogP contribution < -0.4 is 21.5 Å². The van der Waals surface area contributed by atoms with Crippen LogP contribution in [0.2, 0.25) is 0 Å². The number of nitrogens with two attached hydrogens (primary N) is 1. The summed E-state index contributed by atoms with van der Waals surface area (Å²) in [4.78, 5) is 30.7. The summed E-state index contributed by atoms with van der Waals surface area (Å²) in [7, 11) is 0. The average molecular weight is 408 g/mol. The maximum atomic E-state index is 12.1. The number of nitrogens with one attached hydrogen (secondary N) is 2. The van der Waals surface area contributed by atoms with Crippen LogP contribution in [0.3, 0.4) is 0 Å². The van der Waals surface area contributed by atoms with Crippen molar-refractivity contribution in [3.05, 3.63) is 64.6 Å². The van der Waals surface area contributed by atoms with Crippen LogP contribution in [-0.2, 0) is 4.79 Å². The lowest BCUT2D eigenvalue weighted by Crippen LogP contribution is -2.30. The molecule has 0 aliphatic heterocycles. The second kappa shape index (κ2) is 9.71. The van der Waals surface area contributed by atoms with Gasteiger partial charge in [0.1, 0.15) is 11.5 Å². The summed E-state index contributed by atoms with van der Waals surface area (Å²) in [5.74, 6) is 0.450. The smallest absolute Gasteiger partial charge is 0.345 e. The molecule has 0 radical (unpaired) electrons. The molecule has 0 saturated heterocycles. The molecular formula is C22H24N4O4. The van der Waals surface area contributed by atoms with E-state index in [1.54, 1.807) is 49.4 Å². The van der Waals surface area contributed by atoms with Gasteiger partial charge >= 0.3 is 5.69 Å². The van der Waals surface area contributed by atoms with E-state index in [9.17, 15) is 14.7 Å². The van der Waals surface area contributed by atoms with Crippen LogP contribution in [0.1, 0.15) is 12.0 Å². The number of ether oxygens (including phenoxy) is 1. The number of rotatable bonds is 8. The summed E-state index contributed by atoms with van der Waals surface area (Å²) in [6, 6.07) is 13.9. The Labute approximate surface area is 173 Å². The van der Waals surface area contributed by atoms with Gasteiger partial charge in [-0.1, -0.05) is 12.1 Å². The van der Waals surface area contributed by atoms with Gasteiger partial charge in [0, 0.05) is 12.1 Å². The molecule has 30 heavy (non-hydrogen) atoms. The largest absolute Gasteiger partial charge is 0.508 e. The van der Waals surface area contributed by atoms with Gasteiger partial charge in [0.15, 0.2) is 6.61 Å². The Bertz CT molecular complexity index is 1090. The van der Waals surface area contributed by atoms with Crippen LogP contribution in [0, 0.1) is 6.92 Å². The number of aromatic hydroxyl groups is 1. The number of amides is 1. The topological polar surface area (TPSA) is 130 Å². The molecule has 3 aromatic rings. The molecule has 0 aliphatic carbocycles.